The van der Waals surface area contributed by atoms with Gasteiger partial charge in [-0.25, -0.2) is 4.39 Å². The molecule has 2 aliphatic rings. The summed E-state index contributed by atoms with van der Waals surface area (Å²) in [4.78, 5) is 13.2. The summed E-state index contributed by atoms with van der Waals surface area (Å²) in [5, 5.41) is 28.2. The molecule has 0 fully saturated rings. The number of carbonyl (C=O) groups is 1. The zero-order chi connectivity index (χ0) is 20.9. The zero-order valence-electron chi connectivity index (χ0n) is 16.3. The van der Waals surface area contributed by atoms with E-state index in [9.17, 15) is 19.4 Å². The molecule has 0 aromatic heterocycles. The van der Waals surface area contributed by atoms with E-state index in [4.69, 9.17) is 9.84 Å². The van der Waals surface area contributed by atoms with Crippen molar-refractivity contribution in [3.05, 3.63) is 70.0 Å². The number of carbonyl (C=O) groups excluding carboxylic acids is 1. The Bertz CT molecular complexity index is 1020. The molecule has 0 bridgehead atoms. The maximum absolute atomic E-state index is 13.7. The number of aliphatic hydroxyl groups excluding tert-OH is 3. The molecule has 29 heavy (non-hydrogen) atoms. The average molecular weight is 398 g/mol. The van der Waals surface area contributed by atoms with E-state index in [0.29, 0.717) is 23.3 Å². The lowest BCUT2D eigenvalue weighted by Crippen LogP contribution is -2.34. The molecule has 5 nitrogen and oxygen atoms in total. The van der Waals surface area contributed by atoms with E-state index in [2.05, 4.69) is 0 Å². The van der Waals surface area contributed by atoms with Crippen molar-refractivity contribution in [2.75, 3.05) is 13.2 Å². The van der Waals surface area contributed by atoms with Gasteiger partial charge in [0.15, 0.2) is 5.78 Å². The molecule has 2 atom stereocenters. The number of aliphatic hydroxyl groups is 3. The molecule has 0 aliphatic heterocycles. The number of fused-ring (bicyclic) bond motifs is 3. The smallest absolute Gasteiger partial charge is 0.193 e. The molecule has 0 heterocycles. The van der Waals surface area contributed by atoms with Crippen molar-refractivity contribution in [1.82, 2.24) is 0 Å². The summed E-state index contributed by atoms with van der Waals surface area (Å²) in [6.07, 6.45) is -1.98. The van der Waals surface area contributed by atoms with Gasteiger partial charge in [-0.2, -0.15) is 0 Å². The van der Waals surface area contributed by atoms with E-state index >= 15 is 0 Å². The van der Waals surface area contributed by atoms with Gasteiger partial charge in [0.25, 0.3) is 0 Å². The van der Waals surface area contributed by atoms with Gasteiger partial charge in [0, 0.05) is 16.6 Å². The van der Waals surface area contributed by atoms with Crippen LogP contribution >= 0.6 is 0 Å². The van der Waals surface area contributed by atoms with E-state index in [1.165, 1.54) is 12.1 Å². The Hall–Kier alpha value is -2.54. The minimum Gasteiger partial charge on any atom is -0.491 e. The summed E-state index contributed by atoms with van der Waals surface area (Å²) >= 11 is 0. The van der Waals surface area contributed by atoms with Gasteiger partial charge in [0.2, 0.25) is 0 Å². The molecule has 4 rings (SSSR count). The van der Waals surface area contributed by atoms with E-state index < -0.39 is 24.2 Å². The predicted molar refractivity (Wildman–Crippen MR) is 105 cm³/mol. The molecular weight excluding hydrogens is 375 g/mol. The molecule has 2 aromatic rings. The number of halogens is 1. The molecule has 0 saturated carbocycles. The number of ether oxygens (including phenoxy) is 1. The molecular formula is C23H23FO5. The average Bonchev–Trinajstić information content (AvgIpc) is 3.09. The van der Waals surface area contributed by atoms with Crippen molar-refractivity contribution >= 4 is 11.4 Å². The van der Waals surface area contributed by atoms with Crippen molar-refractivity contribution in [3.8, 4) is 5.75 Å². The first-order valence-corrected chi connectivity index (χ1v) is 9.55. The Balaban J connectivity index is 1.68. The predicted octanol–water partition coefficient (Wildman–Crippen LogP) is 2.40. The van der Waals surface area contributed by atoms with Crippen molar-refractivity contribution in [1.29, 1.82) is 0 Å². The molecule has 6 heteroatoms. The van der Waals surface area contributed by atoms with Gasteiger partial charge in [-0.1, -0.05) is 19.9 Å². The van der Waals surface area contributed by atoms with Crippen LogP contribution in [0.5, 0.6) is 5.75 Å². The molecule has 0 saturated heterocycles. The van der Waals surface area contributed by atoms with E-state index in [-0.39, 0.29) is 18.2 Å². The Morgan fingerprint density at radius 1 is 1.10 bits per heavy atom. The van der Waals surface area contributed by atoms with Gasteiger partial charge in [-0.15, -0.1) is 0 Å². The number of allylic oxidation sites excluding steroid dienone is 2. The van der Waals surface area contributed by atoms with Crippen LogP contribution in [0.3, 0.4) is 0 Å². The topological polar surface area (TPSA) is 87.0 Å². The molecule has 0 unspecified atom stereocenters. The van der Waals surface area contributed by atoms with E-state index in [1.807, 2.05) is 13.8 Å². The first-order chi connectivity index (χ1) is 13.7. The van der Waals surface area contributed by atoms with Crippen molar-refractivity contribution in [2.24, 2.45) is 0 Å². The maximum atomic E-state index is 13.7. The monoisotopic (exact) mass is 398 g/mol. The van der Waals surface area contributed by atoms with Crippen molar-refractivity contribution < 1.29 is 29.2 Å². The van der Waals surface area contributed by atoms with E-state index in [1.54, 1.807) is 24.3 Å². The number of rotatable bonds is 5. The fourth-order valence-electron chi connectivity index (χ4n) is 4.23. The fourth-order valence-corrected chi connectivity index (χ4v) is 4.23. The third kappa shape index (κ3) is 3.17. The molecule has 3 N–H and O–H groups in total. The van der Waals surface area contributed by atoms with Gasteiger partial charge in [0.1, 0.15) is 30.4 Å². The molecule has 2 aliphatic carbocycles. The van der Waals surface area contributed by atoms with Crippen LogP contribution in [0.15, 0.2) is 42.0 Å². The van der Waals surface area contributed by atoms with Crippen LogP contribution in [0.25, 0.3) is 5.57 Å². The first-order valence-electron chi connectivity index (χ1n) is 9.55. The van der Waals surface area contributed by atoms with Crippen LogP contribution in [-0.4, -0.2) is 46.5 Å². The highest BCUT2D eigenvalue weighted by Crippen LogP contribution is 2.50. The summed E-state index contributed by atoms with van der Waals surface area (Å²) in [6, 6.07) is 9.68. The molecule has 0 radical (unpaired) electrons. The van der Waals surface area contributed by atoms with E-state index in [0.717, 1.165) is 22.3 Å². The van der Waals surface area contributed by atoms with Gasteiger partial charge in [-0.3, -0.25) is 4.79 Å². The number of ketones is 1. The normalized spacial score (nSPS) is 18.8. The Kier molecular flexibility index (Phi) is 4.81. The second-order valence-electron chi connectivity index (χ2n) is 8.12. The minimum absolute atomic E-state index is 0.0815. The summed E-state index contributed by atoms with van der Waals surface area (Å²) in [6.45, 7) is 3.32. The van der Waals surface area contributed by atoms with Crippen molar-refractivity contribution in [3.63, 3.8) is 0 Å². The van der Waals surface area contributed by atoms with Crippen LogP contribution in [0, 0.1) is 5.82 Å². The van der Waals surface area contributed by atoms with Gasteiger partial charge in [0.05, 0.1) is 6.61 Å². The zero-order valence-corrected chi connectivity index (χ0v) is 16.3. The molecule has 2 aromatic carbocycles. The first kappa shape index (κ1) is 19.8. The lowest BCUT2D eigenvalue weighted by Gasteiger charge is -2.34. The second kappa shape index (κ2) is 7.06. The van der Waals surface area contributed by atoms with Gasteiger partial charge in [-0.05, 0) is 59.0 Å². The minimum atomic E-state index is -1.28. The van der Waals surface area contributed by atoms with Crippen molar-refractivity contribution in [2.45, 2.75) is 37.9 Å². The lowest BCUT2D eigenvalue weighted by molar-refractivity contribution is -0.0339. The quantitative estimate of drug-likeness (QED) is 0.720. The molecule has 0 amide bonds. The van der Waals surface area contributed by atoms with Gasteiger partial charge < -0.3 is 20.1 Å². The third-order valence-electron chi connectivity index (χ3n) is 5.95. The number of hydrogen-bond acceptors (Lipinski definition) is 5. The van der Waals surface area contributed by atoms with Gasteiger partial charge >= 0.3 is 0 Å². The highest BCUT2D eigenvalue weighted by atomic mass is 19.1. The highest BCUT2D eigenvalue weighted by molar-refractivity contribution is 6.32. The van der Waals surface area contributed by atoms with Crippen LogP contribution in [-0.2, 0) is 11.8 Å². The summed E-state index contributed by atoms with van der Waals surface area (Å²) in [5.74, 6) is 0.0621. The Morgan fingerprint density at radius 3 is 2.55 bits per heavy atom. The Morgan fingerprint density at radius 2 is 1.83 bits per heavy atom. The maximum Gasteiger partial charge on any atom is 0.193 e. The Labute approximate surface area is 168 Å². The summed E-state index contributed by atoms with van der Waals surface area (Å²) in [7, 11) is 0. The number of Topliss-reactive ketones (excluding diaryl/α,β-unsaturated/α-hetero) is 1. The standard InChI is InChI=1S/C23H23FO5/c1-23(2)17-9-14(29-11-20(27)19(26)10-25)4-6-16(17)22(28)21-15-5-3-13(24)7-12(15)8-18(21)23/h3-7,9,19-20,25-27H,8,10-11H2,1-2H3/t19-,20-/m1/s1. The number of benzene rings is 2. The highest BCUT2D eigenvalue weighted by Gasteiger charge is 2.43. The number of hydrogen-bond donors (Lipinski definition) is 3. The lowest BCUT2D eigenvalue weighted by atomic mass is 9.68. The summed E-state index contributed by atoms with van der Waals surface area (Å²) < 4.78 is 19.3. The second-order valence-corrected chi connectivity index (χ2v) is 8.12. The van der Waals surface area contributed by atoms with Crippen LogP contribution in [0.4, 0.5) is 4.39 Å². The fraction of sp³-hybridized carbons (Fsp3) is 0.348. The van der Waals surface area contributed by atoms with Crippen LogP contribution < -0.4 is 4.74 Å². The molecule has 152 valence electrons. The largest absolute Gasteiger partial charge is 0.491 e. The molecule has 0 spiro atoms. The van der Waals surface area contributed by atoms with Crippen LogP contribution in [0.2, 0.25) is 0 Å². The summed E-state index contributed by atoms with van der Waals surface area (Å²) in [5.41, 5.74) is 4.17. The SMILES string of the molecule is CC1(C)C2=C(C(=O)c3ccc(OC[C@@H](O)[C@H](O)CO)cc31)c1ccc(F)cc1C2. The third-order valence-corrected chi connectivity index (χ3v) is 5.95. The van der Waals surface area contributed by atoms with Crippen LogP contribution in [0.1, 0.15) is 40.9 Å².